The summed E-state index contributed by atoms with van der Waals surface area (Å²) in [6, 6.07) is 4.31. The molecule has 0 atom stereocenters. The van der Waals surface area contributed by atoms with Gasteiger partial charge in [-0.3, -0.25) is 4.79 Å². The van der Waals surface area contributed by atoms with Crippen molar-refractivity contribution in [1.29, 1.82) is 0 Å². The van der Waals surface area contributed by atoms with Crippen molar-refractivity contribution in [2.24, 2.45) is 0 Å². The van der Waals surface area contributed by atoms with E-state index in [4.69, 9.17) is 0 Å². The molecule has 112 valence electrons. The lowest BCUT2D eigenvalue weighted by atomic mass is 10.1. The lowest BCUT2D eigenvalue weighted by molar-refractivity contribution is -0.140. The molecule has 5 heteroatoms. The van der Waals surface area contributed by atoms with Crippen LogP contribution in [0, 0.1) is 20.8 Å². The maximum Gasteiger partial charge on any atom is 0.305 e. The molecule has 1 N–H and O–H groups in total. The molecule has 1 aromatic heterocycles. The number of ether oxygens (including phenoxy) is 1. The number of rotatable bonds is 5. The summed E-state index contributed by atoms with van der Waals surface area (Å²) in [5.74, 6) is -0.206. The largest absolute Gasteiger partial charge is 0.469 e. The lowest BCUT2D eigenvalue weighted by Crippen LogP contribution is -2.02. The number of carbonyl (C=O) groups is 1. The summed E-state index contributed by atoms with van der Waals surface area (Å²) in [6.45, 7) is 6.28. The molecule has 0 unspecified atom stereocenters. The Labute approximate surface area is 129 Å². The van der Waals surface area contributed by atoms with Gasteiger partial charge in [0, 0.05) is 17.5 Å². The van der Waals surface area contributed by atoms with Gasteiger partial charge >= 0.3 is 5.97 Å². The molecule has 1 aromatic carbocycles. The first-order valence-electron chi connectivity index (χ1n) is 6.85. The van der Waals surface area contributed by atoms with Crippen molar-refractivity contribution in [3.63, 3.8) is 0 Å². The van der Waals surface area contributed by atoms with E-state index in [9.17, 15) is 4.79 Å². The van der Waals surface area contributed by atoms with E-state index in [1.807, 2.05) is 5.38 Å². The predicted molar refractivity (Wildman–Crippen MR) is 86.4 cm³/mol. The second-order valence-electron chi connectivity index (χ2n) is 5.12. The molecule has 0 aliphatic heterocycles. The van der Waals surface area contributed by atoms with E-state index < -0.39 is 0 Å². The molecule has 0 saturated heterocycles. The van der Waals surface area contributed by atoms with Crippen LogP contribution in [0.2, 0.25) is 0 Å². The number of nitrogens with zero attached hydrogens (tertiary/aromatic N) is 1. The Morgan fingerprint density at radius 1 is 1.29 bits per heavy atom. The Morgan fingerprint density at radius 3 is 2.57 bits per heavy atom. The summed E-state index contributed by atoms with van der Waals surface area (Å²) in [4.78, 5) is 15.7. The average Bonchev–Trinajstić information content (AvgIpc) is 2.88. The Hall–Kier alpha value is -1.88. The summed E-state index contributed by atoms with van der Waals surface area (Å²) < 4.78 is 4.64. The quantitative estimate of drug-likeness (QED) is 0.851. The minimum absolute atomic E-state index is 0.206. The predicted octanol–water partition coefficient (Wildman–Crippen LogP) is 3.92. The number of anilines is 2. The molecule has 1 heterocycles. The first kappa shape index (κ1) is 15.5. The third-order valence-corrected chi connectivity index (χ3v) is 4.08. The molecule has 0 aliphatic rings. The Balaban J connectivity index is 2.08. The zero-order chi connectivity index (χ0) is 15.4. The summed E-state index contributed by atoms with van der Waals surface area (Å²) in [5.41, 5.74) is 5.69. The molecule has 0 spiro atoms. The number of benzene rings is 1. The van der Waals surface area contributed by atoms with Gasteiger partial charge < -0.3 is 10.1 Å². The fourth-order valence-corrected chi connectivity index (χ4v) is 3.04. The van der Waals surface area contributed by atoms with Gasteiger partial charge in [0.1, 0.15) is 0 Å². The topological polar surface area (TPSA) is 51.2 Å². The standard InChI is InChI=1S/C16H20N2O2S/c1-10-7-11(2)15(12(3)8-10)18-16-17-13(9-21-16)5-6-14(19)20-4/h7-9H,5-6H2,1-4H3,(H,17,18). The van der Waals surface area contributed by atoms with Crippen molar-refractivity contribution in [3.05, 3.63) is 39.9 Å². The van der Waals surface area contributed by atoms with Crippen LogP contribution < -0.4 is 5.32 Å². The van der Waals surface area contributed by atoms with E-state index >= 15 is 0 Å². The highest BCUT2D eigenvalue weighted by molar-refractivity contribution is 7.13. The van der Waals surface area contributed by atoms with E-state index in [-0.39, 0.29) is 5.97 Å². The molecule has 4 nitrogen and oxygen atoms in total. The van der Waals surface area contributed by atoms with E-state index in [0.717, 1.165) is 16.5 Å². The number of carbonyl (C=O) groups excluding carboxylic acids is 1. The molecule has 0 radical (unpaired) electrons. The summed E-state index contributed by atoms with van der Waals surface area (Å²) in [6.07, 6.45) is 0.971. The highest BCUT2D eigenvalue weighted by atomic mass is 32.1. The second kappa shape index (κ2) is 6.72. The molecule has 0 aliphatic carbocycles. The maximum atomic E-state index is 11.1. The minimum atomic E-state index is -0.206. The van der Waals surface area contributed by atoms with Crippen molar-refractivity contribution in [2.45, 2.75) is 33.6 Å². The first-order valence-corrected chi connectivity index (χ1v) is 7.73. The van der Waals surface area contributed by atoms with Gasteiger partial charge in [-0.15, -0.1) is 11.3 Å². The van der Waals surface area contributed by atoms with Crippen LogP contribution in [-0.2, 0) is 16.0 Å². The van der Waals surface area contributed by atoms with Crippen LogP contribution in [0.3, 0.4) is 0 Å². The van der Waals surface area contributed by atoms with Crippen molar-refractivity contribution in [3.8, 4) is 0 Å². The van der Waals surface area contributed by atoms with Gasteiger partial charge in [0.2, 0.25) is 0 Å². The van der Waals surface area contributed by atoms with Gasteiger partial charge in [0.05, 0.1) is 19.2 Å². The number of hydrogen-bond acceptors (Lipinski definition) is 5. The normalized spacial score (nSPS) is 10.5. The number of methoxy groups -OCH3 is 1. The van der Waals surface area contributed by atoms with Crippen molar-refractivity contribution >= 4 is 28.1 Å². The fourth-order valence-electron chi connectivity index (χ4n) is 2.30. The number of hydrogen-bond donors (Lipinski definition) is 1. The van der Waals surface area contributed by atoms with Gasteiger partial charge in [-0.2, -0.15) is 0 Å². The fraction of sp³-hybridized carbons (Fsp3) is 0.375. The Kier molecular flexibility index (Phi) is 4.96. The zero-order valence-corrected chi connectivity index (χ0v) is 13.6. The minimum Gasteiger partial charge on any atom is -0.469 e. The van der Waals surface area contributed by atoms with Gasteiger partial charge in [-0.25, -0.2) is 4.98 Å². The molecular formula is C16H20N2O2S. The van der Waals surface area contributed by atoms with E-state index in [0.29, 0.717) is 12.8 Å². The van der Waals surface area contributed by atoms with Gasteiger partial charge in [0.25, 0.3) is 0 Å². The van der Waals surface area contributed by atoms with Crippen molar-refractivity contribution in [2.75, 3.05) is 12.4 Å². The van der Waals surface area contributed by atoms with Crippen LogP contribution in [0.25, 0.3) is 0 Å². The third-order valence-electron chi connectivity index (χ3n) is 3.27. The molecule has 0 saturated carbocycles. The van der Waals surface area contributed by atoms with Crippen LogP contribution in [0.1, 0.15) is 28.8 Å². The van der Waals surface area contributed by atoms with Crippen LogP contribution >= 0.6 is 11.3 Å². The summed E-state index contributed by atoms with van der Waals surface area (Å²) in [5, 5.41) is 6.21. The lowest BCUT2D eigenvalue weighted by Gasteiger charge is -2.11. The average molecular weight is 304 g/mol. The third kappa shape index (κ3) is 4.04. The van der Waals surface area contributed by atoms with Crippen molar-refractivity contribution in [1.82, 2.24) is 4.98 Å². The Bertz CT molecular complexity index is 626. The molecule has 0 bridgehead atoms. The monoisotopic (exact) mass is 304 g/mol. The Morgan fingerprint density at radius 2 is 1.95 bits per heavy atom. The number of thiazole rings is 1. The number of aromatic nitrogens is 1. The van der Waals surface area contributed by atoms with Gasteiger partial charge in [-0.05, 0) is 31.9 Å². The van der Waals surface area contributed by atoms with Crippen LogP contribution in [0.15, 0.2) is 17.5 Å². The molecular weight excluding hydrogens is 284 g/mol. The summed E-state index contributed by atoms with van der Waals surface area (Å²) in [7, 11) is 1.40. The molecule has 0 amide bonds. The first-order chi connectivity index (χ1) is 9.99. The number of esters is 1. The molecule has 2 aromatic rings. The second-order valence-corrected chi connectivity index (χ2v) is 5.98. The highest BCUT2D eigenvalue weighted by Gasteiger charge is 2.09. The number of nitrogens with one attached hydrogen (secondary N) is 1. The smallest absolute Gasteiger partial charge is 0.305 e. The van der Waals surface area contributed by atoms with Gasteiger partial charge in [0.15, 0.2) is 5.13 Å². The van der Waals surface area contributed by atoms with Crippen molar-refractivity contribution < 1.29 is 9.53 Å². The zero-order valence-electron chi connectivity index (χ0n) is 12.8. The van der Waals surface area contributed by atoms with E-state index in [1.165, 1.54) is 23.8 Å². The highest BCUT2D eigenvalue weighted by Crippen LogP contribution is 2.27. The SMILES string of the molecule is COC(=O)CCc1csc(Nc2c(C)cc(C)cc2C)n1. The van der Waals surface area contributed by atoms with E-state index in [2.05, 4.69) is 47.9 Å². The molecule has 2 rings (SSSR count). The molecule has 0 fully saturated rings. The van der Waals surface area contributed by atoms with Crippen LogP contribution in [0.5, 0.6) is 0 Å². The van der Waals surface area contributed by atoms with Gasteiger partial charge in [-0.1, -0.05) is 17.7 Å². The molecule has 21 heavy (non-hydrogen) atoms. The van der Waals surface area contributed by atoms with Crippen LogP contribution in [-0.4, -0.2) is 18.1 Å². The number of aryl methyl sites for hydroxylation is 4. The van der Waals surface area contributed by atoms with Crippen LogP contribution in [0.4, 0.5) is 10.8 Å². The van der Waals surface area contributed by atoms with E-state index in [1.54, 1.807) is 11.3 Å². The summed E-state index contributed by atoms with van der Waals surface area (Å²) >= 11 is 1.55. The maximum absolute atomic E-state index is 11.1.